The molecule has 2 aromatic carbocycles. The number of benzene rings is 2. The average molecular weight is 446 g/mol. The monoisotopic (exact) mass is 445 g/mol. The van der Waals surface area contributed by atoms with Gasteiger partial charge in [-0.05, 0) is 47.7 Å². The van der Waals surface area contributed by atoms with Crippen LogP contribution in [-0.2, 0) is 6.61 Å². The lowest BCUT2D eigenvalue weighted by molar-refractivity contribution is 0.0903. The van der Waals surface area contributed by atoms with Crippen LogP contribution >= 0.6 is 23.2 Å². The largest absolute Gasteiger partial charge is 0.484 e. The predicted molar refractivity (Wildman–Crippen MR) is 121 cm³/mol. The Kier molecular flexibility index (Phi) is 7.46. The number of nitrogens with one attached hydrogen (secondary N) is 1. The quantitative estimate of drug-likeness (QED) is 0.399. The van der Waals surface area contributed by atoms with Crippen LogP contribution in [0.4, 0.5) is 0 Å². The molecular weight excluding hydrogens is 421 g/mol. The summed E-state index contributed by atoms with van der Waals surface area (Å²) in [5, 5.41) is 4.02. The van der Waals surface area contributed by atoms with E-state index < -0.39 is 0 Å². The summed E-state index contributed by atoms with van der Waals surface area (Å²) in [6.45, 7) is 6.50. The first-order valence-corrected chi connectivity index (χ1v) is 10.7. The molecule has 0 aliphatic heterocycles. The minimum Gasteiger partial charge on any atom is -0.484 e. The number of furan rings is 1. The highest BCUT2D eigenvalue weighted by molar-refractivity contribution is 6.34. The van der Waals surface area contributed by atoms with E-state index in [9.17, 15) is 4.79 Å². The molecule has 158 valence electrons. The maximum Gasteiger partial charge on any atom is 0.287 e. The van der Waals surface area contributed by atoms with Gasteiger partial charge in [-0.2, -0.15) is 0 Å². The number of halogens is 2. The zero-order valence-electron chi connectivity index (χ0n) is 17.2. The van der Waals surface area contributed by atoms with Gasteiger partial charge in [0.1, 0.15) is 18.1 Å². The Morgan fingerprint density at radius 3 is 2.40 bits per heavy atom. The molecule has 0 aliphatic rings. The van der Waals surface area contributed by atoms with Crippen LogP contribution in [0.2, 0.25) is 10.0 Å². The van der Waals surface area contributed by atoms with Crippen molar-refractivity contribution in [3.63, 3.8) is 0 Å². The van der Waals surface area contributed by atoms with Crippen LogP contribution < -0.4 is 10.1 Å². The first-order chi connectivity index (χ1) is 14.4. The lowest BCUT2D eigenvalue weighted by Gasteiger charge is -2.17. The highest BCUT2D eigenvalue weighted by Gasteiger charge is 2.17. The van der Waals surface area contributed by atoms with Crippen molar-refractivity contribution < 1.29 is 13.9 Å². The van der Waals surface area contributed by atoms with Crippen LogP contribution in [0.5, 0.6) is 5.75 Å². The Bertz CT molecular complexity index is 996. The van der Waals surface area contributed by atoms with E-state index in [2.05, 4.69) is 43.4 Å². The summed E-state index contributed by atoms with van der Waals surface area (Å²) < 4.78 is 11.3. The van der Waals surface area contributed by atoms with Gasteiger partial charge in [-0.1, -0.05) is 68.2 Å². The second kappa shape index (κ2) is 10.1. The Hall–Kier alpha value is -2.43. The van der Waals surface area contributed by atoms with Gasteiger partial charge in [0.05, 0.1) is 11.1 Å². The molecule has 3 rings (SSSR count). The summed E-state index contributed by atoms with van der Waals surface area (Å²) in [5.74, 6) is 1.43. The minimum absolute atomic E-state index is 0.0891. The van der Waals surface area contributed by atoms with Gasteiger partial charge in [-0.3, -0.25) is 4.79 Å². The van der Waals surface area contributed by atoms with E-state index in [1.165, 1.54) is 5.56 Å². The third-order valence-electron chi connectivity index (χ3n) is 4.87. The third kappa shape index (κ3) is 5.59. The van der Waals surface area contributed by atoms with Crippen molar-refractivity contribution in [1.29, 1.82) is 0 Å². The van der Waals surface area contributed by atoms with Crippen molar-refractivity contribution in [2.24, 2.45) is 0 Å². The summed E-state index contributed by atoms with van der Waals surface area (Å²) in [5.41, 5.74) is 2.34. The second-order valence-electron chi connectivity index (χ2n) is 7.39. The van der Waals surface area contributed by atoms with Crippen LogP contribution in [0.1, 0.15) is 66.6 Å². The fourth-order valence-electron chi connectivity index (χ4n) is 3.08. The Labute approximate surface area is 187 Å². The molecule has 1 amide bonds. The van der Waals surface area contributed by atoms with Gasteiger partial charge in [-0.25, -0.2) is 0 Å². The standard InChI is InChI=1S/C24H25Cl2NO3/c1-4-21(17-7-5-16(6-8-17)15(2)3)27-24(28)22-12-10-19(30-22)14-29-23-13-18(25)9-11-20(23)26/h5-13,15,21H,4,14H2,1-3H3,(H,27,28). The Balaban J connectivity index is 1.62. The molecule has 1 N–H and O–H groups in total. The van der Waals surface area contributed by atoms with E-state index >= 15 is 0 Å². The maximum atomic E-state index is 12.7. The number of amides is 1. The van der Waals surface area contributed by atoms with Gasteiger partial charge in [-0.15, -0.1) is 0 Å². The van der Waals surface area contributed by atoms with Crippen LogP contribution in [0.25, 0.3) is 0 Å². The zero-order valence-corrected chi connectivity index (χ0v) is 18.8. The molecule has 1 aromatic heterocycles. The van der Waals surface area contributed by atoms with E-state index in [1.54, 1.807) is 30.3 Å². The van der Waals surface area contributed by atoms with Crippen LogP contribution in [-0.4, -0.2) is 5.91 Å². The summed E-state index contributed by atoms with van der Waals surface area (Å²) >= 11 is 12.1. The molecule has 0 fully saturated rings. The molecule has 3 aromatic rings. The van der Waals surface area contributed by atoms with Crippen LogP contribution in [0.15, 0.2) is 59.0 Å². The van der Waals surface area contributed by atoms with Crippen LogP contribution in [0.3, 0.4) is 0 Å². The molecule has 1 atom stereocenters. The molecule has 0 radical (unpaired) electrons. The highest BCUT2D eigenvalue weighted by atomic mass is 35.5. The summed E-state index contributed by atoms with van der Waals surface area (Å²) in [6.07, 6.45) is 0.775. The van der Waals surface area contributed by atoms with Gasteiger partial charge < -0.3 is 14.5 Å². The van der Waals surface area contributed by atoms with E-state index in [1.807, 2.05) is 6.92 Å². The van der Waals surface area contributed by atoms with E-state index in [0.29, 0.717) is 27.5 Å². The molecule has 4 nitrogen and oxygen atoms in total. The molecule has 6 heteroatoms. The number of hydrogen-bond donors (Lipinski definition) is 1. The third-order valence-corrected chi connectivity index (χ3v) is 5.42. The van der Waals surface area contributed by atoms with E-state index in [4.69, 9.17) is 32.4 Å². The van der Waals surface area contributed by atoms with Crippen molar-refractivity contribution in [3.8, 4) is 5.75 Å². The molecule has 0 saturated heterocycles. The first-order valence-electron chi connectivity index (χ1n) is 9.94. The summed E-state index contributed by atoms with van der Waals surface area (Å²) in [7, 11) is 0. The molecule has 0 saturated carbocycles. The number of carbonyl (C=O) groups excluding carboxylic acids is 1. The summed E-state index contributed by atoms with van der Waals surface area (Å²) in [4.78, 5) is 12.7. The molecule has 0 bridgehead atoms. The fourth-order valence-corrected chi connectivity index (χ4v) is 3.41. The van der Waals surface area contributed by atoms with Gasteiger partial charge in [0.2, 0.25) is 0 Å². The number of ether oxygens (including phenoxy) is 1. The van der Waals surface area contributed by atoms with Crippen LogP contribution in [0, 0.1) is 0 Å². The maximum absolute atomic E-state index is 12.7. The van der Waals surface area contributed by atoms with E-state index in [0.717, 1.165) is 12.0 Å². The molecule has 1 unspecified atom stereocenters. The lowest BCUT2D eigenvalue weighted by atomic mass is 9.98. The van der Waals surface area contributed by atoms with Crippen molar-refractivity contribution in [1.82, 2.24) is 5.32 Å². The predicted octanol–water partition coefficient (Wildman–Crippen LogP) is 7.17. The topological polar surface area (TPSA) is 51.5 Å². The summed E-state index contributed by atoms with van der Waals surface area (Å²) in [6, 6.07) is 16.6. The lowest BCUT2D eigenvalue weighted by Crippen LogP contribution is -2.27. The number of hydrogen-bond acceptors (Lipinski definition) is 3. The second-order valence-corrected chi connectivity index (χ2v) is 8.23. The minimum atomic E-state index is -0.262. The normalized spacial score (nSPS) is 12.1. The van der Waals surface area contributed by atoms with Crippen molar-refractivity contribution in [2.45, 2.75) is 45.8 Å². The molecule has 0 spiro atoms. The van der Waals surface area contributed by atoms with Crippen molar-refractivity contribution in [3.05, 3.63) is 87.3 Å². The van der Waals surface area contributed by atoms with Gasteiger partial charge in [0.25, 0.3) is 5.91 Å². The Morgan fingerprint density at radius 1 is 1.03 bits per heavy atom. The van der Waals surface area contributed by atoms with Gasteiger partial charge in [0, 0.05) is 11.1 Å². The highest BCUT2D eigenvalue weighted by Crippen LogP contribution is 2.28. The van der Waals surface area contributed by atoms with Gasteiger partial charge in [0.15, 0.2) is 5.76 Å². The number of carbonyl (C=O) groups is 1. The van der Waals surface area contributed by atoms with E-state index in [-0.39, 0.29) is 24.3 Å². The molecule has 0 aliphatic carbocycles. The molecule has 30 heavy (non-hydrogen) atoms. The Morgan fingerprint density at radius 2 is 1.73 bits per heavy atom. The first kappa shape index (κ1) is 22.3. The fraction of sp³-hybridized carbons (Fsp3) is 0.292. The smallest absolute Gasteiger partial charge is 0.287 e. The van der Waals surface area contributed by atoms with Gasteiger partial charge >= 0.3 is 0 Å². The number of rotatable bonds is 8. The molecule has 1 heterocycles. The van der Waals surface area contributed by atoms with Crippen molar-refractivity contribution >= 4 is 29.1 Å². The zero-order chi connectivity index (χ0) is 21.7. The molecular formula is C24H25Cl2NO3. The van der Waals surface area contributed by atoms with Crippen molar-refractivity contribution in [2.75, 3.05) is 0 Å². The average Bonchev–Trinajstić information content (AvgIpc) is 3.22. The SMILES string of the molecule is CCC(NC(=O)c1ccc(COc2cc(Cl)ccc2Cl)o1)c1ccc(C(C)C)cc1.